The van der Waals surface area contributed by atoms with E-state index in [-0.39, 0.29) is 11.8 Å². The molecule has 1 amide bonds. The Labute approximate surface area is 162 Å². The van der Waals surface area contributed by atoms with E-state index in [1.807, 2.05) is 31.2 Å². The van der Waals surface area contributed by atoms with E-state index < -0.39 is 5.97 Å². The fourth-order valence-electron chi connectivity index (χ4n) is 3.40. The van der Waals surface area contributed by atoms with Gasteiger partial charge in [-0.1, -0.05) is 0 Å². The first kappa shape index (κ1) is 19.4. The molecule has 0 atom stereocenters. The average Bonchev–Trinajstić information content (AvgIpc) is 3.08. The highest BCUT2D eigenvalue weighted by molar-refractivity contribution is 7.17. The predicted octanol–water partition coefficient (Wildman–Crippen LogP) is 3.75. The lowest BCUT2D eigenvalue weighted by atomic mass is 9.82. The summed E-state index contributed by atoms with van der Waals surface area (Å²) in [6.07, 6.45) is 3.07. The molecule has 6 nitrogen and oxygen atoms in total. The number of thiazole rings is 1. The molecule has 1 fully saturated rings. The van der Waals surface area contributed by atoms with Crippen LogP contribution in [0.15, 0.2) is 24.3 Å². The van der Waals surface area contributed by atoms with Crippen LogP contribution in [0.3, 0.4) is 0 Å². The van der Waals surface area contributed by atoms with Crippen LogP contribution in [0, 0.1) is 18.8 Å². The van der Waals surface area contributed by atoms with Crippen molar-refractivity contribution in [2.45, 2.75) is 32.6 Å². The van der Waals surface area contributed by atoms with Gasteiger partial charge in [0.2, 0.25) is 0 Å². The number of nitrogens with one attached hydrogen (secondary N) is 1. The fraction of sp³-hybridized carbons (Fsp3) is 0.450. The number of nitrogens with zero attached hydrogens (tertiary/aromatic N) is 1. The summed E-state index contributed by atoms with van der Waals surface area (Å²) in [6.45, 7) is 2.43. The van der Waals surface area contributed by atoms with E-state index in [1.54, 1.807) is 7.11 Å². The zero-order chi connectivity index (χ0) is 19.4. The van der Waals surface area contributed by atoms with E-state index in [0.29, 0.717) is 30.2 Å². The molecule has 3 rings (SSSR count). The SMILES string of the molecule is COc1ccc(-c2nc(C)c(C(=O)NCC3CCC(C(=O)O)CC3)s2)cc1. The Bertz CT molecular complexity index is 808. The second kappa shape index (κ2) is 8.52. The van der Waals surface area contributed by atoms with Crippen LogP contribution in [-0.4, -0.2) is 35.6 Å². The lowest BCUT2D eigenvalue weighted by Gasteiger charge is -2.26. The van der Waals surface area contributed by atoms with Gasteiger partial charge < -0.3 is 15.2 Å². The van der Waals surface area contributed by atoms with Crippen molar-refractivity contribution in [1.29, 1.82) is 0 Å². The fourth-order valence-corrected chi connectivity index (χ4v) is 4.38. The van der Waals surface area contributed by atoms with Gasteiger partial charge in [0.15, 0.2) is 0 Å². The maximum atomic E-state index is 12.6. The van der Waals surface area contributed by atoms with Gasteiger partial charge in [-0.25, -0.2) is 4.98 Å². The Morgan fingerprint density at radius 1 is 1.22 bits per heavy atom. The molecule has 1 aromatic heterocycles. The highest BCUT2D eigenvalue weighted by atomic mass is 32.1. The normalized spacial score (nSPS) is 19.5. The quantitative estimate of drug-likeness (QED) is 0.787. The maximum Gasteiger partial charge on any atom is 0.306 e. The number of rotatable bonds is 6. The van der Waals surface area contributed by atoms with Crippen LogP contribution < -0.4 is 10.1 Å². The van der Waals surface area contributed by atoms with Crippen LogP contribution >= 0.6 is 11.3 Å². The summed E-state index contributed by atoms with van der Waals surface area (Å²) < 4.78 is 5.17. The molecule has 0 unspecified atom stereocenters. The summed E-state index contributed by atoms with van der Waals surface area (Å²) in [7, 11) is 1.62. The molecule has 0 saturated heterocycles. The molecule has 144 valence electrons. The minimum atomic E-state index is -0.705. The Morgan fingerprint density at radius 3 is 2.48 bits per heavy atom. The van der Waals surface area contributed by atoms with Crippen molar-refractivity contribution in [2.24, 2.45) is 11.8 Å². The summed E-state index contributed by atoms with van der Waals surface area (Å²) in [5, 5.41) is 12.9. The topological polar surface area (TPSA) is 88.5 Å². The van der Waals surface area contributed by atoms with Gasteiger partial charge >= 0.3 is 5.97 Å². The van der Waals surface area contributed by atoms with Crippen LogP contribution in [0.1, 0.15) is 41.0 Å². The summed E-state index contributed by atoms with van der Waals surface area (Å²) >= 11 is 1.38. The number of ether oxygens (including phenoxy) is 1. The number of carbonyl (C=O) groups is 2. The Morgan fingerprint density at radius 2 is 1.89 bits per heavy atom. The van der Waals surface area contributed by atoms with E-state index in [2.05, 4.69) is 10.3 Å². The highest BCUT2D eigenvalue weighted by Gasteiger charge is 2.26. The number of amides is 1. The third-order valence-corrected chi connectivity index (χ3v) is 6.29. The minimum Gasteiger partial charge on any atom is -0.497 e. The molecule has 0 aliphatic heterocycles. The number of aliphatic carboxylic acids is 1. The number of aromatic nitrogens is 1. The number of benzene rings is 1. The third-order valence-electron chi connectivity index (χ3n) is 5.09. The second-order valence-electron chi connectivity index (χ2n) is 6.93. The van der Waals surface area contributed by atoms with Crippen molar-refractivity contribution in [3.05, 3.63) is 34.8 Å². The molecule has 2 aromatic rings. The molecular weight excluding hydrogens is 364 g/mol. The predicted molar refractivity (Wildman–Crippen MR) is 104 cm³/mol. The Balaban J connectivity index is 1.59. The molecule has 1 aromatic carbocycles. The third kappa shape index (κ3) is 4.66. The zero-order valence-corrected chi connectivity index (χ0v) is 16.3. The molecule has 1 aliphatic carbocycles. The number of carbonyl (C=O) groups excluding carboxylic acids is 1. The van der Waals surface area contributed by atoms with E-state index >= 15 is 0 Å². The number of carboxylic acid groups (broad SMARTS) is 1. The Hall–Kier alpha value is -2.41. The van der Waals surface area contributed by atoms with E-state index in [1.165, 1.54) is 11.3 Å². The molecule has 2 N–H and O–H groups in total. The summed E-state index contributed by atoms with van der Waals surface area (Å²) in [5.41, 5.74) is 1.67. The molecule has 27 heavy (non-hydrogen) atoms. The van der Waals surface area contributed by atoms with Crippen LogP contribution in [0.25, 0.3) is 10.6 Å². The van der Waals surface area contributed by atoms with E-state index in [9.17, 15) is 9.59 Å². The van der Waals surface area contributed by atoms with Crippen molar-refractivity contribution in [2.75, 3.05) is 13.7 Å². The highest BCUT2D eigenvalue weighted by Crippen LogP contribution is 2.30. The van der Waals surface area contributed by atoms with Crippen molar-refractivity contribution in [1.82, 2.24) is 10.3 Å². The van der Waals surface area contributed by atoms with Crippen molar-refractivity contribution < 1.29 is 19.4 Å². The van der Waals surface area contributed by atoms with Gasteiger partial charge in [0, 0.05) is 12.1 Å². The average molecular weight is 388 g/mol. The summed E-state index contributed by atoms with van der Waals surface area (Å²) in [6, 6.07) is 7.61. The van der Waals surface area contributed by atoms with Crippen LogP contribution in [0.5, 0.6) is 5.75 Å². The van der Waals surface area contributed by atoms with Gasteiger partial charge in [0.25, 0.3) is 5.91 Å². The number of methoxy groups -OCH3 is 1. The van der Waals surface area contributed by atoms with Crippen molar-refractivity contribution in [3.63, 3.8) is 0 Å². The minimum absolute atomic E-state index is 0.106. The first-order valence-electron chi connectivity index (χ1n) is 9.10. The lowest BCUT2D eigenvalue weighted by molar-refractivity contribution is -0.143. The van der Waals surface area contributed by atoms with Gasteiger partial charge in [0.1, 0.15) is 15.6 Å². The number of hydrogen-bond acceptors (Lipinski definition) is 5. The molecule has 1 heterocycles. The molecule has 0 radical (unpaired) electrons. The first-order chi connectivity index (χ1) is 13.0. The van der Waals surface area contributed by atoms with E-state index in [4.69, 9.17) is 9.84 Å². The van der Waals surface area contributed by atoms with Gasteiger partial charge in [-0.15, -0.1) is 11.3 Å². The number of carboxylic acids is 1. The van der Waals surface area contributed by atoms with Gasteiger partial charge in [-0.2, -0.15) is 0 Å². The summed E-state index contributed by atoms with van der Waals surface area (Å²) in [4.78, 5) is 28.8. The number of hydrogen-bond donors (Lipinski definition) is 2. The first-order valence-corrected chi connectivity index (χ1v) is 9.92. The molecular formula is C20H24N2O4S. The molecule has 1 saturated carbocycles. The monoisotopic (exact) mass is 388 g/mol. The van der Waals surface area contributed by atoms with Crippen molar-refractivity contribution >= 4 is 23.2 Å². The smallest absolute Gasteiger partial charge is 0.306 e. The maximum absolute atomic E-state index is 12.6. The van der Waals surface area contributed by atoms with Crippen LogP contribution in [-0.2, 0) is 4.79 Å². The molecule has 0 bridgehead atoms. The lowest BCUT2D eigenvalue weighted by Crippen LogP contribution is -2.32. The van der Waals surface area contributed by atoms with Crippen LogP contribution in [0.4, 0.5) is 0 Å². The molecule has 1 aliphatic rings. The van der Waals surface area contributed by atoms with E-state index in [0.717, 1.165) is 34.9 Å². The zero-order valence-electron chi connectivity index (χ0n) is 15.5. The van der Waals surface area contributed by atoms with Gasteiger partial charge in [-0.3, -0.25) is 9.59 Å². The van der Waals surface area contributed by atoms with Gasteiger partial charge in [-0.05, 0) is 62.8 Å². The Kier molecular flexibility index (Phi) is 6.11. The largest absolute Gasteiger partial charge is 0.497 e. The molecule has 7 heteroatoms. The van der Waals surface area contributed by atoms with Gasteiger partial charge in [0.05, 0.1) is 18.7 Å². The van der Waals surface area contributed by atoms with Crippen molar-refractivity contribution in [3.8, 4) is 16.3 Å². The number of aryl methyl sites for hydroxylation is 1. The molecule has 0 spiro atoms. The standard InChI is InChI=1S/C20H24N2O4S/c1-12-17(27-19(22-12)14-7-9-16(26-2)10-8-14)18(23)21-11-13-3-5-15(6-4-13)20(24)25/h7-10,13,15H,3-6,11H2,1-2H3,(H,21,23)(H,24,25). The second-order valence-corrected chi connectivity index (χ2v) is 7.93. The summed E-state index contributed by atoms with van der Waals surface area (Å²) in [5.74, 6) is 0.0862. The van der Waals surface area contributed by atoms with Crippen LogP contribution in [0.2, 0.25) is 0 Å².